The number of rotatable bonds is 7. The predicted octanol–water partition coefficient (Wildman–Crippen LogP) is 5.60. The van der Waals surface area contributed by atoms with Crippen molar-refractivity contribution in [1.29, 1.82) is 0 Å². The van der Waals surface area contributed by atoms with E-state index in [1.807, 2.05) is 31.2 Å². The molecule has 0 saturated carbocycles. The highest BCUT2D eigenvalue weighted by atomic mass is 35.5. The van der Waals surface area contributed by atoms with Gasteiger partial charge >= 0.3 is 5.97 Å². The zero-order chi connectivity index (χ0) is 21.6. The van der Waals surface area contributed by atoms with Gasteiger partial charge in [0, 0.05) is 16.1 Å². The molecule has 156 valence electrons. The average Bonchev–Trinajstić information content (AvgIpc) is 3.27. The number of aromatic nitrogens is 2. The largest absolute Gasteiger partial charge is 0.490 e. The third-order valence-electron chi connectivity index (χ3n) is 4.47. The van der Waals surface area contributed by atoms with Gasteiger partial charge in [0.15, 0.2) is 0 Å². The van der Waals surface area contributed by atoms with Crippen molar-refractivity contribution in [2.45, 2.75) is 6.92 Å². The van der Waals surface area contributed by atoms with Crippen LogP contribution in [0.5, 0.6) is 5.75 Å². The summed E-state index contributed by atoms with van der Waals surface area (Å²) in [5.41, 5.74) is 3.14. The summed E-state index contributed by atoms with van der Waals surface area (Å²) >= 11 is 5.90. The highest BCUT2D eigenvalue weighted by Gasteiger charge is 2.12. The van der Waals surface area contributed by atoms with Crippen LogP contribution in [0.15, 0.2) is 77.2 Å². The molecule has 31 heavy (non-hydrogen) atoms. The molecular formula is C24H19ClN2O4. The quantitative estimate of drug-likeness (QED) is 0.278. The summed E-state index contributed by atoms with van der Waals surface area (Å²) < 4.78 is 16.5. The number of hydrogen-bond acceptors (Lipinski definition) is 6. The number of hydrogen-bond donors (Lipinski definition) is 0. The lowest BCUT2D eigenvalue weighted by molar-refractivity contribution is 0.0450. The first-order chi connectivity index (χ1) is 15.1. The average molecular weight is 435 g/mol. The Bertz CT molecular complexity index is 1170. The number of carbonyl (C=O) groups is 1. The SMILES string of the molecule is Cc1ccc(-c2nnc(-c3ccc(C(=O)OCCOc4cccc(Cl)c4)cc3)o2)cc1. The van der Waals surface area contributed by atoms with Crippen molar-refractivity contribution in [2.24, 2.45) is 0 Å². The van der Waals surface area contributed by atoms with Crippen molar-refractivity contribution < 1.29 is 18.7 Å². The van der Waals surface area contributed by atoms with Crippen LogP contribution >= 0.6 is 11.6 Å². The Kier molecular flexibility index (Phi) is 6.29. The number of aryl methyl sites for hydroxylation is 1. The van der Waals surface area contributed by atoms with Crippen LogP contribution < -0.4 is 4.74 Å². The van der Waals surface area contributed by atoms with Gasteiger partial charge in [-0.2, -0.15) is 0 Å². The van der Waals surface area contributed by atoms with E-state index in [1.165, 1.54) is 0 Å². The van der Waals surface area contributed by atoms with Crippen molar-refractivity contribution in [3.63, 3.8) is 0 Å². The number of esters is 1. The third kappa shape index (κ3) is 5.29. The topological polar surface area (TPSA) is 74.5 Å². The first-order valence-corrected chi connectivity index (χ1v) is 10.0. The molecule has 0 amide bonds. The van der Waals surface area contributed by atoms with Crippen LogP contribution in [0.2, 0.25) is 5.02 Å². The minimum Gasteiger partial charge on any atom is -0.490 e. The first kappa shape index (κ1) is 20.6. The van der Waals surface area contributed by atoms with E-state index in [1.54, 1.807) is 48.5 Å². The fraction of sp³-hybridized carbons (Fsp3) is 0.125. The highest BCUT2D eigenvalue weighted by molar-refractivity contribution is 6.30. The number of nitrogens with zero attached hydrogens (tertiary/aromatic N) is 2. The summed E-state index contributed by atoms with van der Waals surface area (Å²) in [5, 5.41) is 8.78. The minimum absolute atomic E-state index is 0.122. The molecule has 0 radical (unpaired) electrons. The molecule has 0 aliphatic heterocycles. The molecule has 4 aromatic rings. The Morgan fingerprint density at radius 2 is 1.55 bits per heavy atom. The molecule has 0 atom stereocenters. The molecule has 0 unspecified atom stereocenters. The molecule has 4 rings (SSSR count). The van der Waals surface area contributed by atoms with Crippen molar-refractivity contribution in [1.82, 2.24) is 10.2 Å². The Balaban J connectivity index is 1.32. The summed E-state index contributed by atoms with van der Waals surface area (Å²) in [6.45, 7) is 2.37. The van der Waals surface area contributed by atoms with Gasteiger partial charge in [0.1, 0.15) is 19.0 Å². The van der Waals surface area contributed by atoms with Gasteiger partial charge in [0.2, 0.25) is 11.8 Å². The van der Waals surface area contributed by atoms with Crippen LogP contribution in [-0.4, -0.2) is 29.4 Å². The Morgan fingerprint density at radius 1 is 0.903 bits per heavy atom. The Labute approximate surface area is 184 Å². The number of halogens is 1. The van der Waals surface area contributed by atoms with E-state index in [-0.39, 0.29) is 13.2 Å². The van der Waals surface area contributed by atoms with Gasteiger partial charge in [-0.25, -0.2) is 4.79 Å². The van der Waals surface area contributed by atoms with Crippen molar-refractivity contribution in [2.75, 3.05) is 13.2 Å². The second-order valence-electron chi connectivity index (χ2n) is 6.80. The van der Waals surface area contributed by atoms with Crippen molar-refractivity contribution in [3.05, 3.63) is 88.9 Å². The van der Waals surface area contributed by atoms with Gasteiger partial charge < -0.3 is 13.9 Å². The van der Waals surface area contributed by atoms with Crippen LogP contribution in [0.3, 0.4) is 0 Å². The normalized spacial score (nSPS) is 10.6. The van der Waals surface area contributed by atoms with Crippen LogP contribution in [0, 0.1) is 6.92 Å². The van der Waals surface area contributed by atoms with E-state index in [4.69, 9.17) is 25.5 Å². The molecule has 6 nitrogen and oxygen atoms in total. The van der Waals surface area contributed by atoms with E-state index in [0.717, 1.165) is 11.1 Å². The Morgan fingerprint density at radius 3 is 2.19 bits per heavy atom. The number of ether oxygens (including phenoxy) is 2. The third-order valence-corrected chi connectivity index (χ3v) is 4.71. The monoisotopic (exact) mass is 434 g/mol. The van der Waals surface area contributed by atoms with E-state index in [0.29, 0.717) is 33.7 Å². The molecule has 3 aromatic carbocycles. The molecule has 0 bridgehead atoms. The van der Waals surface area contributed by atoms with Gasteiger partial charge in [-0.15, -0.1) is 10.2 Å². The predicted molar refractivity (Wildman–Crippen MR) is 117 cm³/mol. The van der Waals surface area contributed by atoms with Crippen LogP contribution in [0.25, 0.3) is 22.9 Å². The lowest BCUT2D eigenvalue weighted by atomic mass is 10.1. The second kappa shape index (κ2) is 9.45. The molecule has 1 heterocycles. The minimum atomic E-state index is -0.438. The van der Waals surface area contributed by atoms with Crippen LogP contribution in [0.4, 0.5) is 0 Å². The second-order valence-corrected chi connectivity index (χ2v) is 7.23. The highest BCUT2D eigenvalue weighted by Crippen LogP contribution is 2.24. The maximum Gasteiger partial charge on any atom is 0.338 e. The molecule has 0 saturated heterocycles. The molecule has 0 N–H and O–H groups in total. The Hall–Kier alpha value is -3.64. The lowest BCUT2D eigenvalue weighted by Gasteiger charge is -2.08. The molecule has 0 fully saturated rings. The molecule has 0 aliphatic carbocycles. The van der Waals surface area contributed by atoms with E-state index in [9.17, 15) is 4.79 Å². The maximum atomic E-state index is 12.2. The standard InChI is InChI=1S/C24H19ClN2O4/c1-16-5-7-17(8-6-16)22-26-27-23(31-22)18-9-11-19(12-10-18)24(28)30-14-13-29-21-4-2-3-20(25)15-21/h2-12,15H,13-14H2,1H3. The van der Waals surface area contributed by atoms with Gasteiger partial charge in [0.25, 0.3) is 0 Å². The number of carbonyl (C=O) groups excluding carboxylic acids is 1. The summed E-state index contributed by atoms with van der Waals surface area (Å²) in [7, 11) is 0. The molecular weight excluding hydrogens is 416 g/mol. The molecule has 0 aliphatic rings. The summed E-state index contributed by atoms with van der Waals surface area (Å²) in [5.74, 6) is 1.01. The van der Waals surface area contributed by atoms with Crippen molar-refractivity contribution >= 4 is 17.6 Å². The fourth-order valence-corrected chi connectivity index (χ4v) is 3.02. The van der Waals surface area contributed by atoms with Crippen LogP contribution in [0.1, 0.15) is 15.9 Å². The van der Waals surface area contributed by atoms with Gasteiger partial charge in [-0.05, 0) is 61.5 Å². The maximum absolute atomic E-state index is 12.2. The summed E-state index contributed by atoms with van der Waals surface area (Å²) in [6.07, 6.45) is 0. The summed E-state index contributed by atoms with van der Waals surface area (Å²) in [4.78, 5) is 12.2. The molecule has 7 heteroatoms. The van der Waals surface area contributed by atoms with Gasteiger partial charge in [-0.1, -0.05) is 35.4 Å². The fourth-order valence-electron chi connectivity index (χ4n) is 2.84. The number of benzene rings is 3. The first-order valence-electron chi connectivity index (χ1n) is 9.65. The van der Waals surface area contributed by atoms with Gasteiger partial charge in [0.05, 0.1) is 5.56 Å². The zero-order valence-electron chi connectivity index (χ0n) is 16.7. The smallest absolute Gasteiger partial charge is 0.338 e. The molecule has 1 aromatic heterocycles. The molecule has 0 spiro atoms. The van der Waals surface area contributed by atoms with Gasteiger partial charge in [-0.3, -0.25) is 0 Å². The lowest BCUT2D eigenvalue weighted by Crippen LogP contribution is -2.12. The van der Waals surface area contributed by atoms with E-state index >= 15 is 0 Å². The van der Waals surface area contributed by atoms with E-state index < -0.39 is 5.97 Å². The summed E-state index contributed by atoms with van der Waals surface area (Å²) in [6, 6.07) is 21.7. The van der Waals surface area contributed by atoms with E-state index in [2.05, 4.69) is 10.2 Å². The zero-order valence-corrected chi connectivity index (χ0v) is 17.5. The van der Waals surface area contributed by atoms with Crippen LogP contribution in [-0.2, 0) is 4.74 Å². The van der Waals surface area contributed by atoms with Crippen molar-refractivity contribution in [3.8, 4) is 28.7 Å².